The molecule has 0 aliphatic heterocycles. The molecule has 1 aromatic rings. The van der Waals surface area contributed by atoms with Crippen molar-refractivity contribution in [1.29, 1.82) is 0 Å². The highest BCUT2D eigenvalue weighted by molar-refractivity contribution is 5.86. The lowest BCUT2D eigenvalue weighted by Gasteiger charge is -2.20. The van der Waals surface area contributed by atoms with Crippen molar-refractivity contribution in [2.24, 2.45) is 0 Å². The van der Waals surface area contributed by atoms with Gasteiger partial charge in [0.2, 0.25) is 5.91 Å². The fourth-order valence-corrected chi connectivity index (χ4v) is 0.983. The summed E-state index contributed by atoms with van der Waals surface area (Å²) >= 11 is 0. The summed E-state index contributed by atoms with van der Waals surface area (Å²) in [6, 6.07) is 1.69. The Balaban J connectivity index is 2.53. The zero-order valence-electron chi connectivity index (χ0n) is 8.60. The van der Waals surface area contributed by atoms with Crippen molar-refractivity contribution in [3.05, 3.63) is 18.5 Å². The number of carboxylic acid groups (broad SMARTS) is 1. The molecular weight excluding hydrogens is 198 g/mol. The molecular formula is C9H13N3O3. The van der Waals surface area contributed by atoms with Crippen molar-refractivity contribution < 1.29 is 14.7 Å². The number of carbonyl (C=O) groups is 2. The number of aromatic nitrogens is 2. The Bertz CT molecular complexity index is 357. The van der Waals surface area contributed by atoms with Crippen LogP contribution in [0.15, 0.2) is 18.5 Å². The average Bonchev–Trinajstić information content (AvgIpc) is 2.54. The highest BCUT2D eigenvalue weighted by Crippen LogP contribution is 2.01. The molecule has 0 fully saturated rings. The number of amides is 1. The van der Waals surface area contributed by atoms with Gasteiger partial charge in [-0.15, -0.1) is 0 Å². The smallest absolute Gasteiger partial charge is 0.328 e. The van der Waals surface area contributed by atoms with Crippen LogP contribution in [0, 0.1) is 0 Å². The molecule has 0 spiro atoms. The van der Waals surface area contributed by atoms with Crippen molar-refractivity contribution >= 4 is 11.9 Å². The Morgan fingerprint density at radius 1 is 1.53 bits per heavy atom. The molecule has 15 heavy (non-hydrogen) atoms. The number of carbonyl (C=O) groups excluding carboxylic acids is 1. The molecule has 0 saturated heterocycles. The zero-order valence-corrected chi connectivity index (χ0v) is 8.60. The van der Waals surface area contributed by atoms with Gasteiger partial charge in [0.25, 0.3) is 0 Å². The van der Waals surface area contributed by atoms with E-state index in [9.17, 15) is 9.59 Å². The van der Waals surface area contributed by atoms with Gasteiger partial charge >= 0.3 is 5.97 Å². The summed E-state index contributed by atoms with van der Waals surface area (Å²) in [4.78, 5) is 22.1. The second-order valence-corrected chi connectivity index (χ2v) is 3.68. The first kappa shape index (κ1) is 11.2. The van der Waals surface area contributed by atoms with Gasteiger partial charge in [0.1, 0.15) is 12.1 Å². The normalized spacial score (nSPS) is 11.1. The maximum absolute atomic E-state index is 11.4. The molecule has 0 aliphatic carbocycles. The highest BCUT2D eigenvalue weighted by atomic mass is 16.4. The summed E-state index contributed by atoms with van der Waals surface area (Å²) in [6.07, 6.45) is 3.18. The second kappa shape index (κ2) is 4.12. The molecule has 0 unspecified atom stereocenters. The molecule has 0 atom stereocenters. The van der Waals surface area contributed by atoms with E-state index in [0.717, 1.165) is 0 Å². The summed E-state index contributed by atoms with van der Waals surface area (Å²) in [7, 11) is 0. The fraction of sp³-hybridized carbons (Fsp3) is 0.444. The maximum atomic E-state index is 11.4. The van der Waals surface area contributed by atoms with Crippen LogP contribution in [0.3, 0.4) is 0 Å². The van der Waals surface area contributed by atoms with Gasteiger partial charge in [-0.2, -0.15) is 5.10 Å². The SMILES string of the molecule is CC(C)(NC(=O)Cn1cccn1)C(=O)O. The molecule has 82 valence electrons. The minimum atomic E-state index is -1.26. The number of hydrogen-bond donors (Lipinski definition) is 2. The van der Waals surface area contributed by atoms with E-state index in [-0.39, 0.29) is 12.5 Å². The maximum Gasteiger partial charge on any atom is 0.328 e. The Morgan fingerprint density at radius 3 is 2.67 bits per heavy atom. The molecule has 1 heterocycles. The van der Waals surface area contributed by atoms with Crippen LogP contribution < -0.4 is 5.32 Å². The molecule has 0 aromatic carbocycles. The number of nitrogens with zero attached hydrogens (tertiary/aromatic N) is 2. The second-order valence-electron chi connectivity index (χ2n) is 3.68. The highest BCUT2D eigenvalue weighted by Gasteiger charge is 2.28. The fourth-order valence-electron chi connectivity index (χ4n) is 0.983. The van der Waals surface area contributed by atoms with Crippen LogP contribution in [0.2, 0.25) is 0 Å². The number of aliphatic carboxylic acids is 1. The number of hydrogen-bond acceptors (Lipinski definition) is 3. The third-order valence-corrected chi connectivity index (χ3v) is 1.85. The van der Waals surface area contributed by atoms with E-state index in [1.54, 1.807) is 18.5 Å². The van der Waals surface area contributed by atoms with Gasteiger partial charge in [-0.05, 0) is 19.9 Å². The summed E-state index contributed by atoms with van der Waals surface area (Å²) in [5.74, 6) is -1.46. The van der Waals surface area contributed by atoms with Gasteiger partial charge in [-0.1, -0.05) is 0 Å². The standard InChI is InChI=1S/C9H13N3O3/c1-9(2,8(14)15)11-7(13)6-12-5-3-4-10-12/h3-5H,6H2,1-2H3,(H,11,13)(H,14,15). The predicted molar refractivity (Wildman–Crippen MR) is 52.1 cm³/mol. The monoisotopic (exact) mass is 211 g/mol. The topological polar surface area (TPSA) is 84.2 Å². The molecule has 1 aromatic heterocycles. The Morgan fingerprint density at radius 2 is 2.20 bits per heavy atom. The van der Waals surface area contributed by atoms with Gasteiger partial charge in [-0.3, -0.25) is 9.48 Å². The first-order chi connectivity index (χ1) is 6.92. The third kappa shape index (κ3) is 3.08. The third-order valence-electron chi connectivity index (χ3n) is 1.85. The van der Waals surface area contributed by atoms with Gasteiger partial charge < -0.3 is 10.4 Å². The van der Waals surface area contributed by atoms with Crippen molar-refractivity contribution in [3.8, 4) is 0 Å². The van der Waals surface area contributed by atoms with Crippen LogP contribution in [-0.4, -0.2) is 32.3 Å². The minimum Gasteiger partial charge on any atom is -0.480 e. The van der Waals surface area contributed by atoms with Gasteiger partial charge in [0.05, 0.1) is 0 Å². The molecule has 1 amide bonds. The number of rotatable bonds is 4. The number of nitrogens with one attached hydrogen (secondary N) is 1. The predicted octanol–water partition coefficient (Wildman–Crippen LogP) is -0.138. The van der Waals surface area contributed by atoms with Gasteiger partial charge in [-0.25, -0.2) is 4.79 Å². The van der Waals surface area contributed by atoms with E-state index >= 15 is 0 Å². The van der Waals surface area contributed by atoms with Gasteiger partial charge in [0.15, 0.2) is 0 Å². The summed E-state index contributed by atoms with van der Waals surface area (Å²) in [5.41, 5.74) is -1.26. The first-order valence-corrected chi connectivity index (χ1v) is 4.43. The Labute approximate surface area is 86.9 Å². The van der Waals surface area contributed by atoms with Crippen LogP contribution in [0.5, 0.6) is 0 Å². The first-order valence-electron chi connectivity index (χ1n) is 4.43. The Hall–Kier alpha value is -1.85. The van der Waals surface area contributed by atoms with E-state index in [2.05, 4.69) is 10.4 Å². The van der Waals surface area contributed by atoms with Crippen molar-refractivity contribution in [3.63, 3.8) is 0 Å². The lowest BCUT2D eigenvalue weighted by molar-refractivity contribution is -0.146. The minimum absolute atomic E-state index is 0.0176. The van der Waals surface area contributed by atoms with Crippen LogP contribution in [0.1, 0.15) is 13.8 Å². The van der Waals surface area contributed by atoms with E-state index in [1.165, 1.54) is 18.5 Å². The van der Waals surface area contributed by atoms with E-state index in [4.69, 9.17) is 5.11 Å². The molecule has 0 bridgehead atoms. The number of carboxylic acids is 1. The van der Waals surface area contributed by atoms with Crippen molar-refractivity contribution in [2.45, 2.75) is 25.9 Å². The average molecular weight is 211 g/mol. The molecule has 6 nitrogen and oxygen atoms in total. The lowest BCUT2D eigenvalue weighted by Crippen LogP contribution is -2.50. The molecule has 6 heteroatoms. The molecule has 0 saturated carbocycles. The van der Waals surface area contributed by atoms with Crippen LogP contribution >= 0.6 is 0 Å². The molecule has 0 radical (unpaired) electrons. The van der Waals surface area contributed by atoms with Gasteiger partial charge in [0, 0.05) is 12.4 Å². The molecule has 0 aliphatic rings. The van der Waals surface area contributed by atoms with Crippen LogP contribution in [0.25, 0.3) is 0 Å². The van der Waals surface area contributed by atoms with Crippen molar-refractivity contribution in [1.82, 2.24) is 15.1 Å². The van der Waals surface area contributed by atoms with E-state index in [0.29, 0.717) is 0 Å². The Kier molecular flexibility index (Phi) is 3.08. The van der Waals surface area contributed by atoms with Crippen molar-refractivity contribution in [2.75, 3.05) is 0 Å². The van der Waals surface area contributed by atoms with E-state index < -0.39 is 11.5 Å². The summed E-state index contributed by atoms with van der Waals surface area (Å²) < 4.78 is 1.42. The van der Waals surface area contributed by atoms with Crippen LogP contribution in [-0.2, 0) is 16.1 Å². The quantitative estimate of drug-likeness (QED) is 0.726. The van der Waals surface area contributed by atoms with Crippen LogP contribution in [0.4, 0.5) is 0 Å². The largest absolute Gasteiger partial charge is 0.480 e. The van der Waals surface area contributed by atoms with E-state index in [1.807, 2.05) is 0 Å². The zero-order chi connectivity index (χ0) is 11.5. The summed E-state index contributed by atoms with van der Waals surface area (Å²) in [5, 5.41) is 15.0. The lowest BCUT2D eigenvalue weighted by atomic mass is 10.1. The molecule has 1 rings (SSSR count). The molecule has 2 N–H and O–H groups in total. The summed E-state index contributed by atoms with van der Waals surface area (Å²) in [6.45, 7) is 2.87.